The maximum atomic E-state index is 9.75. The molecule has 0 atom stereocenters. The highest BCUT2D eigenvalue weighted by Crippen LogP contribution is 2.07. The highest BCUT2D eigenvalue weighted by molar-refractivity contribution is 7.13. The van der Waals surface area contributed by atoms with Crippen LogP contribution in [0.1, 0.15) is 6.92 Å². The second-order valence-electron chi connectivity index (χ2n) is 1.94. The fraction of sp³-hybridized carbons (Fsp3) is 0.400. The number of aromatic nitrogens is 1. The van der Waals surface area contributed by atoms with Crippen molar-refractivity contribution in [3.63, 3.8) is 0 Å². The quantitative estimate of drug-likeness (QED) is 0.400. The molecule has 0 bridgehead atoms. The zero-order chi connectivity index (χ0) is 10.5. The Kier molecular flexibility index (Phi) is 5.31. The van der Waals surface area contributed by atoms with Gasteiger partial charge in [-0.05, 0) is 6.92 Å². The van der Waals surface area contributed by atoms with Gasteiger partial charge in [0.05, 0.1) is 5.38 Å². The predicted molar refractivity (Wildman–Crippen MR) is 45.4 cm³/mol. The monoisotopic (exact) mass is 235 g/mol. The van der Waals surface area contributed by atoms with Crippen LogP contribution in [0.15, 0.2) is 11.6 Å². The third kappa shape index (κ3) is 8.05. The normalized spacial score (nSPS) is 10.6. The van der Waals surface area contributed by atoms with Crippen LogP contribution in [-0.4, -0.2) is 7.25 Å². The number of rotatable bonds is 1. The second-order valence-corrected chi connectivity index (χ2v) is 3.41. The van der Waals surface area contributed by atoms with Gasteiger partial charge in [0.1, 0.15) is 6.54 Å². The highest BCUT2D eigenvalue weighted by Gasteiger charge is 2.20. The Labute approximate surface area is 82.1 Å². The van der Waals surface area contributed by atoms with E-state index in [1.165, 1.54) is 0 Å². The number of halogens is 5. The van der Waals surface area contributed by atoms with Gasteiger partial charge in [-0.15, -0.1) is 0 Å². The van der Waals surface area contributed by atoms with E-state index in [-0.39, 0.29) is 0 Å². The van der Waals surface area contributed by atoms with Gasteiger partial charge in [-0.2, -0.15) is 4.57 Å². The van der Waals surface area contributed by atoms with Crippen LogP contribution in [0.3, 0.4) is 0 Å². The molecule has 1 aromatic heterocycles. The van der Waals surface area contributed by atoms with Crippen molar-refractivity contribution in [2.45, 2.75) is 13.5 Å². The van der Waals surface area contributed by atoms with Gasteiger partial charge in [0.2, 0.25) is 0 Å². The fourth-order valence-electron chi connectivity index (χ4n) is 0.516. The van der Waals surface area contributed by atoms with Gasteiger partial charge < -0.3 is 17.3 Å². The number of hydrogen-bond acceptors (Lipinski definition) is 1. The Balaban J connectivity index is 0.000000252. The van der Waals surface area contributed by atoms with E-state index in [1.54, 1.807) is 11.3 Å². The average Bonchev–Trinajstić information content (AvgIpc) is 2.31. The molecule has 0 amide bonds. The summed E-state index contributed by atoms with van der Waals surface area (Å²) in [6.07, 6.45) is 1.98. The minimum Gasteiger partial charge on any atom is -0.418 e. The van der Waals surface area contributed by atoms with Crippen LogP contribution < -0.4 is 4.57 Å². The van der Waals surface area contributed by atoms with Crippen molar-refractivity contribution in [1.29, 1.82) is 0 Å². The van der Waals surface area contributed by atoms with Crippen molar-refractivity contribution in [2.75, 3.05) is 0 Å². The lowest BCUT2D eigenvalue weighted by atomic mass is 10.3. The summed E-state index contributed by atoms with van der Waals surface area (Å²) in [4.78, 5) is 0. The maximum Gasteiger partial charge on any atom is 0.673 e. The van der Waals surface area contributed by atoms with Gasteiger partial charge in [-0.3, -0.25) is 0 Å². The van der Waals surface area contributed by atoms with Crippen LogP contribution in [-0.2, 0) is 6.54 Å². The Hall–Kier alpha value is -0.295. The summed E-state index contributed by atoms with van der Waals surface area (Å²) in [5, 5.41) is 1.98. The van der Waals surface area contributed by atoms with Gasteiger partial charge in [0.15, 0.2) is 6.20 Å². The molecular weight excluding hydrogens is 228 g/mol. The SMILES string of the molecule is CC[n+]1ccsc1Cl.F[B-](F)(F)F. The van der Waals surface area contributed by atoms with E-state index in [2.05, 4.69) is 6.92 Å². The number of thiazole rings is 1. The van der Waals surface area contributed by atoms with Crippen molar-refractivity contribution in [3.05, 3.63) is 16.0 Å². The summed E-state index contributed by atoms with van der Waals surface area (Å²) in [5.74, 6) is 0. The molecule has 0 aliphatic rings. The van der Waals surface area contributed by atoms with Crippen molar-refractivity contribution < 1.29 is 21.8 Å². The molecule has 1 heterocycles. The summed E-state index contributed by atoms with van der Waals surface area (Å²) in [6, 6.07) is 0. The largest absolute Gasteiger partial charge is 0.673 e. The fourth-order valence-corrected chi connectivity index (χ4v) is 1.49. The van der Waals surface area contributed by atoms with Crippen molar-refractivity contribution in [3.8, 4) is 0 Å². The third-order valence-electron chi connectivity index (χ3n) is 0.973. The van der Waals surface area contributed by atoms with E-state index in [4.69, 9.17) is 11.6 Å². The molecule has 1 rings (SSSR count). The van der Waals surface area contributed by atoms with Crippen LogP contribution in [0.2, 0.25) is 4.47 Å². The molecular formula is C5H7BClF4NS. The molecule has 0 aromatic carbocycles. The molecule has 1 aromatic rings. The van der Waals surface area contributed by atoms with Gasteiger partial charge in [-0.1, -0.05) is 11.3 Å². The van der Waals surface area contributed by atoms with E-state index in [9.17, 15) is 17.3 Å². The third-order valence-corrected chi connectivity index (χ3v) is 2.14. The molecule has 0 unspecified atom stereocenters. The molecule has 0 saturated heterocycles. The molecule has 0 radical (unpaired) electrons. The minimum atomic E-state index is -6.00. The van der Waals surface area contributed by atoms with Crippen LogP contribution in [0.25, 0.3) is 0 Å². The number of hydrogen-bond donors (Lipinski definition) is 0. The van der Waals surface area contributed by atoms with Crippen molar-refractivity contribution in [1.82, 2.24) is 0 Å². The summed E-state index contributed by atoms with van der Waals surface area (Å²) in [7, 11) is -6.00. The standard InChI is InChI=1S/C5H7ClNS.BF4/c1-2-7-3-4-8-5(7)6;2-1(3,4)5/h3-4H,2H2,1H3;/q+1;-1. The molecule has 8 heteroatoms. The van der Waals surface area contributed by atoms with Crippen LogP contribution in [0.5, 0.6) is 0 Å². The Morgan fingerprint density at radius 2 is 1.92 bits per heavy atom. The summed E-state index contributed by atoms with van der Waals surface area (Å²) >= 11 is 7.28. The minimum absolute atomic E-state index is 0.854. The van der Waals surface area contributed by atoms with Gasteiger partial charge in [0, 0.05) is 11.6 Å². The van der Waals surface area contributed by atoms with Crippen molar-refractivity contribution in [2.24, 2.45) is 0 Å². The molecule has 76 valence electrons. The average molecular weight is 235 g/mol. The van der Waals surface area contributed by atoms with E-state index in [0.29, 0.717) is 0 Å². The van der Waals surface area contributed by atoms with E-state index < -0.39 is 7.25 Å². The van der Waals surface area contributed by atoms with E-state index in [1.807, 2.05) is 16.1 Å². The van der Waals surface area contributed by atoms with Crippen molar-refractivity contribution >= 4 is 30.2 Å². The highest BCUT2D eigenvalue weighted by atomic mass is 35.5. The molecule has 1 nitrogen and oxygen atoms in total. The second kappa shape index (κ2) is 5.44. The van der Waals surface area contributed by atoms with Crippen LogP contribution in [0, 0.1) is 0 Å². The zero-order valence-corrected chi connectivity index (χ0v) is 8.26. The first kappa shape index (κ1) is 12.7. The predicted octanol–water partition coefficient (Wildman–Crippen LogP) is 3.01. The van der Waals surface area contributed by atoms with Crippen LogP contribution in [0.4, 0.5) is 17.3 Å². The van der Waals surface area contributed by atoms with Gasteiger partial charge in [0.25, 0.3) is 0 Å². The lowest BCUT2D eigenvalue weighted by Gasteiger charge is -1.94. The summed E-state index contributed by atoms with van der Waals surface area (Å²) in [5.41, 5.74) is 0. The summed E-state index contributed by atoms with van der Waals surface area (Å²) in [6.45, 7) is 3.03. The molecule has 0 aliphatic carbocycles. The Morgan fingerprint density at radius 1 is 1.46 bits per heavy atom. The Morgan fingerprint density at radius 3 is 2.08 bits per heavy atom. The molecule has 0 spiro atoms. The summed E-state index contributed by atoms with van der Waals surface area (Å²) < 4.78 is 41.8. The molecule has 0 saturated carbocycles. The Bertz CT molecular complexity index is 245. The first-order valence-corrected chi connectivity index (χ1v) is 4.60. The van der Waals surface area contributed by atoms with E-state index in [0.717, 1.165) is 11.0 Å². The number of nitrogens with zero attached hydrogens (tertiary/aromatic N) is 1. The van der Waals surface area contributed by atoms with E-state index >= 15 is 0 Å². The smallest absolute Gasteiger partial charge is 0.418 e. The molecule has 13 heavy (non-hydrogen) atoms. The first-order valence-electron chi connectivity index (χ1n) is 3.34. The lowest BCUT2D eigenvalue weighted by molar-refractivity contribution is -0.686. The molecule has 0 N–H and O–H groups in total. The first-order chi connectivity index (χ1) is 5.84. The zero-order valence-electron chi connectivity index (χ0n) is 6.68. The maximum absolute atomic E-state index is 9.75. The molecule has 0 aliphatic heterocycles. The number of aryl methyl sites for hydroxylation is 1. The van der Waals surface area contributed by atoms with Gasteiger partial charge in [-0.25, -0.2) is 0 Å². The topological polar surface area (TPSA) is 3.88 Å². The molecule has 0 fully saturated rings. The van der Waals surface area contributed by atoms with Gasteiger partial charge >= 0.3 is 11.7 Å². The van der Waals surface area contributed by atoms with Crippen LogP contribution >= 0.6 is 22.9 Å². The lowest BCUT2D eigenvalue weighted by Crippen LogP contribution is -2.29.